The Labute approximate surface area is 209 Å². The molecule has 0 saturated carbocycles. The molecule has 2 aromatic rings. The summed E-state index contributed by atoms with van der Waals surface area (Å²) in [6.07, 6.45) is -7.29. The minimum Gasteiger partial charge on any atom is -0.504 e. The third-order valence-corrected chi connectivity index (χ3v) is 6.62. The van der Waals surface area contributed by atoms with Crippen LogP contribution in [0.5, 0.6) is 23.0 Å². The van der Waals surface area contributed by atoms with Crippen LogP contribution in [0.15, 0.2) is 36.4 Å². The van der Waals surface area contributed by atoms with Gasteiger partial charge in [-0.3, -0.25) is 0 Å². The quantitative estimate of drug-likeness (QED) is 0.322. The number of phenols is 1. The van der Waals surface area contributed by atoms with Crippen LogP contribution in [-0.4, -0.2) is 76.4 Å². The molecule has 36 heavy (non-hydrogen) atoms. The Morgan fingerprint density at radius 2 is 1.42 bits per heavy atom. The number of methoxy groups -OCH3 is 2. The van der Waals surface area contributed by atoms with Crippen LogP contribution in [0, 0.1) is 11.8 Å². The van der Waals surface area contributed by atoms with Crippen molar-refractivity contribution in [2.45, 2.75) is 57.4 Å². The number of hydrogen-bond donors (Lipinski definition) is 5. The first-order chi connectivity index (χ1) is 17.0. The summed E-state index contributed by atoms with van der Waals surface area (Å²) in [4.78, 5) is 11.3. The second-order valence-corrected chi connectivity index (χ2v) is 9.21. The van der Waals surface area contributed by atoms with E-state index < -0.39 is 36.7 Å². The van der Waals surface area contributed by atoms with Crippen LogP contribution in [0.1, 0.15) is 25.0 Å². The molecular formula is C26H34O10. The van der Waals surface area contributed by atoms with E-state index in [1.54, 1.807) is 26.4 Å². The van der Waals surface area contributed by atoms with E-state index in [1.807, 2.05) is 18.2 Å². The number of aromatic hydroxyl groups is 1. The van der Waals surface area contributed by atoms with Gasteiger partial charge in [0.15, 0.2) is 29.1 Å². The summed E-state index contributed by atoms with van der Waals surface area (Å²) in [7, 11) is 3.19. The van der Waals surface area contributed by atoms with E-state index in [9.17, 15) is 30.3 Å². The van der Waals surface area contributed by atoms with Gasteiger partial charge in [0.25, 0.3) is 0 Å². The molecule has 1 aliphatic rings. The van der Waals surface area contributed by atoms with Crippen LogP contribution < -0.4 is 14.2 Å². The molecule has 3 rings (SSSR count). The molecule has 1 saturated heterocycles. The Balaban J connectivity index is 1.69. The van der Waals surface area contributed by atoms with Gasteiger partial charge in [-0.15, -0.1) is 0 Å². The first-order valence-electron chi connectivity index (χ1n) is 11.7. The predicted molar refractivity (Wildman–Crippen MR) is 128 cm³/mol. The molecule has 0 aliphatic carbocycles. The molecule has 5 N–H and O–H groups in total. The number of benzene rings is 2. The van der Waals surface area contributed by atoms with E-state index >= 15 is 0 Å². The first kappa shape index (κ1) is 27.5. The average Bonchev–Trinajstić information content (AvgIpc) is 2.85. The molecule has 1 aliphatic heterocycles. The van der Waals surface area contributed by atoms with E-state index in [-0.39, 0.29) is 23.3 Å². The SMILES string of the molecule is COc1ccc(C[C@@H](C)[C@@H](C)Cc2ccc(O)c(O[C@@H]3O[C@H](C(=O)O)[C@@H](O)[C@H](O)[C@H]3O)c2)cc1OC. The summed E-state index contributed by atoms with van der Waals surface area (Å²) >= 11 is 0. The fourth-order valence-electron chi connectivity index (χ4n) is 4.21. The fraction of sp³-hybridized carbons (Fsp3) is 0.500. The lowest BCUT2D eigenvalue weighted by molar-refractivity contribution is -0.271. The number of hydrogen-bond acceptors (Lipinski definition) is 9. The van der Waals surface area contributed by atoms with Gasteiger partial charge in [0.2, 0.25) is 6.29 Å². The molecule has 0 spiro atoms. The topological polar surface area (TPSA) is 155 Å². The normalized spacial score (nSPS) is 25.6. The smallest absolute Gasteiger partial charge is 0.335 e. The van der Waals surface area contributed by atoms with Crippen LogP contribution in [0.3, 0.4) is 0 Å². The Hall–Kier alpha value is -3.05. The van der Waals surface area contributed by atoms with E-state index in [2.05, 4.69) is 13.8 Å². The highest BCUT2D eigenvalue weighted by Gasteiger charge is 2.48. The Kier molecular flexibility index (Phi) is 9.02. The van der Waals surface area contributed by atoms with Crippen LogP contribution in [0.25, 0.3) is 0 Å². The monoisotopic (exact) mass is 506 g/mol. The van der Waals surface area contributed by atoms with Crippen LogP contribution in [0.2, 0.25) is 0 Å². The molecule has 7 atom stereocenters. The number of ether oxygens (including phenoxy) is 4. The Morgan fingerprint density at radius 1 is 0.861 bits per heavy atom. The van der Waals surface area contributed by atoms with Gasteiger partial charge in [0, 0.05) is 0 Å². The molecule has 2 aromatic carbocycles. The summed E-state index contributed by atoms with van der Waals surface area (Å²) in [6.45, 7) is 4.26. The van der Waals surface area contributed by atoms with Crippen molar-refractivity contribution >= 4 is 5.97 Å². The molecule has 10 nitrogen and oxygen atoms in total. The molecule has 0 bridgehead atoms. The molecule has 198 valence electrons. The second kappa shape index (κ2) is 11.8. The van der Waals surface area contributed by atoms with Crippen molar-refractivity contribution in [3.05, 3.63) is 47.5 Å². The van der Waals surface area contributed by atoms with E-state index in [0.717, 1.165) is 17.5 Å². The zero-order valence-corrected chi connectivity index (χ0v) is 20.7. The molecule has 0 radical (unpaired) electrons. The van der Waals surface area contributed by atoms with Gasteiger partial charge in [-0.25, -0.2) is 4.79 Å². The minimum absolute atomic E-state index is 0.0379. The van der Waals surface area contributed by atoms with Crippen molar-refractivity contribution < 1.29 is 49.3 Å². The Morgan fingerprint density at radius 3 is 1.97 bits per heavy atom. The summed E-state index contributed by atoms with van der Waals surface area (Å²) in [5.74, 6) is 0.0694. The lowest BCUT2D eigenvalue weighted by atomic mass is 9.85. The van der Waals surface area contributed by atoms with Crippen molar-refractivity contribution in [1.29, 1.82) is 0 Å². The van der Waals surface area contributed by atoms with E-state index in [1.165, 1.54) is 6.07 Å². The van der Waals surface area contributed by atoms with Gasteiger partial charge in [0.1, 0.15) is 18.3 Å². The van der Waals surface area contributed by atoms with Crippen molar-refractivity contribution in [3.8, 4) is 23.0 Å². The van der Waals surface area contributed by atoms with Crippen LogP contribution in [-0.2, 0) is 22.4 Å². The zero-order valence-electron chi connectivity index (χ0n) is 20.7. The molecule has 0 amide bonds. The van der Waals surface area contributed by atoms with Crippen LogP contribution >= 0.6 is 0 Å². The third kappa shape index (κ3) is 6.19. The van der Waals surface area contributed by atoms with Gasteiger partial charge < -0.3 is 44.5 Å². The maximum Gasteiger partial charge on any atom is 0.335 e. The molecule has 0 aromatic heterocycles. The standard InChI is InChI=1S/C26H34O10/c1-13(14(2)10-16-6-8-18(33-3)20(12-16)34-4)9-15-5-7-17(27)19(11-15)35-26-23(30)21(28)22(29)24(36-26)25(31)32/h5-8,11-14,21-24,26-30H,9-10H2,1-4H3,(H,31,32)/t13-,14+,21-,22-,23+,24-,26+/m0/s1. The highest BCUT2D eigenvalue weighted by atomic mass is 16.7. The third-order valence-electron chi connectivity index (χ3n) is 6.62. The Bertz CT molecular complexity index is 1040. The number of carboxylic acids is 1. The number of rotatable bonds is 10. The molecule has 1 heterocycles. The van der Waals surface area contributed by atoms with Crippen LogP contribution in [0.4, 0.5) is 0 Å². The number of carbonyl (C=O) groups is 1. The van der Waals surface area contributed by atoms with Crippen molar-refractivity contribution in [1.82, 2.24) is 0 Å². The summed E-state index contributed by atoms with van der Waals surface area (Å²) in [6, 6.07) is 10.6. The zero-order chi connectivity index (χ0) is 26.6. The number of aliphatic carboxylic acids is 1. The maximum atomic E-state index is 11.3. The highest BCUT2D eigenvalue weighted by Crippen LogP contribution is 2.34. The van der Waals surface area contributed by atoms with Crippen molar-refractivity contribution in [2.75, 3.05) is 14.2 Å². The number of phenolic OH excluding ortho intramolecular Hbond substituents is 1. The van der Waals surface area contributed by atoms with Gasteiger partial charge in [-0.2, -0.15) is 0 Å². The lowest BCUT2D eigenvalue weighted by Gasteiger charge is -2.38. The second-order valence-electron chi connectivity index (χ2n) is 9.21. The lowest BCUT2D eigenvalue weighted by Crippen LogP contribution is -2.61. The number of carboxylic acid groups (broad SMARTS) is 1. The average molecular weight is 507 g/mol. The number of aliphatic hydroxyl groups is 3. The first-order valence-corrected chi connectivity index (χ1v) is 11.7. The summed E-state index contributed by atoms with van der Waals surface area (Å²) < 4.78 is 21.4. The highest BCUT2D eigenvalue weighted by molar-refractivity contribution is 5.73. The van der Waals surface area contributed by atoms with E-state index in [0.29, 0.717) is 17.9 Å². The summed E-state index contributed by atoms with van der Waals surface area (Å²) in [5.41, 5.74) is 1.95. The molecule has 10 heteroatoms. The molecule has 0 unspecified atom stereocenters. The van der Waals surface area contributed by atoms with Crippen molar-refractivity contribution in [2.24, 2.45) is 11.8 Å². The molecular weight excluding hydrogens is 472 g/mol. The van der Waals surface area contributed by atoms with Crippen molar-refractivity contribution in [3.63, 3.8) is 0 Å². The fourth-order valence-corrected chi connectivity index (χ4v) is 4.21. The van der Waals surface area contributed by atoms with Gasteiger partial charge in [-0.05, 0) is 60.1 Å². The van der Waals surface area contributed by atoms with E-state index in [4.69, 9.17) is 18.9 Å². The largest absolute Gasteiger partial charge is 0.504 e. The maximum absolute atomic E-state index is 11.3. The van der Waals surface area contributed by atoms with Gasteiger partial charge in [-0.1, -0.05) is 26.0 Å². The predicted octanol–water partition coefficient (Wildman–Crippen LogP) is 1.74. The molecule has 1 fully saturated rings. The minimum atomic E-state index is -1.83. The van der Waals surface area contributed by atoms with Gasteiger partial charge in [0.05, 0.1) is 14.2 Å². The van der Waals surface area contributed by atoms with Gasteiger partial charge >= 0.3 is 5.97 Å². The number of aliphatic hydroxyl groups excluding tert-OH is 3. The summed E-state index contributed by atoms with van der Waals surface area (Å²) in [5, 5.41) is 49.5.